The molecule has 12 heavy (non-hydrogen) atoms. The van der Waals surface area contributed by atoms with Gasteiger partial charge in [-0.2, -0.15) is 4.31 Å². The van der Waals surface area contributed by atoms with E-state index in [-0.39, 0.29) is 13.1 Å². The Labute approximate surface area is 73.7 Å². The minimum atomic E-state index is -2.72. The number of thiol groups is 1. The second kappa shape index (κ2) is 5.47. The molecule has 0 aliphatic rings. The maximum absolute atomic E-state index is 10.5. The molecule has 0 aromatic carbocycles. The lowest BCUT2D eigenvalue weighted by Gasteiger charge is -2.17. The van der Waals surface area contributed by atoms with E-state index >= 15 is 0 Å². The Morgan fingerprint density at radius 1 is 1.17 bits per heavy atom. The molecule has 0 aliphatic heterocycles. The maximum Gasteiger partial charge on any atom is 0.204 e. The molecule has 0 saturated carbocycles. The van der Waals surface area contributed by atoms with Crippen molar-refractivity contribution in [3.8, 4) is 0 Å². The van der Waals surface area contributed by atoms with Crippen LogP contribution >= 0.6 is 0 Å². The van der Waals surface area contributed by atoms with Gasteiger partial charge in [0.15, 0.2) is 0 Å². The predicted molar refractivity (Wildman–Crippen MR) is 45.2 cm³/mol. The first kappa shape index (κ1) is 11.8. The summed E-state index contributed by atoms with van der Waals surface area (Å²) in [4.78, 5) is 0. The van der Waals surface area contributed by atoms with E-state index in [2.05, 4.69) is 0 Å². The highest BCUT2D eigenvalue weighted by atomic mass is 32.2. The Balaban J connectivity index is 4.05. The number of rotatable bonds is 5. The Kier molecular flexibility index (Phi) is 5.39. The smallest absolute Gasteiger partial charge is 0.204 e. The van der Waals surface area contributed by atoms with Gasteiger partial charge in [-0.1, -0.05) is 0 Å². The number of aliphatic hydroxyl groups is 2. The highest BCUT2D eigenvalue weighted by Crippen LogP contribution is 1.94. The van der Waals surface area contributed by atoms with Crippen LogP contribution in [0.25, 0.3) is 0 Å². The minimum absolute atomic E-state index is 0.0314. The maximum atomic E-state index is 10.5. The fraction of sp³-hybridized carbons (Fsp3) is 1.00. The molecule has 2 unspecified atom stereocenters. The molecule has 6 heteroatoms. The fourth-order valence-electron chi connectivity index (χ4n) is 0.818. The van der Waals surface area contributed by atoms with Gasteiger partial charge in [-0.05, 0) is 13.8 Å². The van der Waals surface area contributed by atoms with Gasteiger partial charge < -0.3 is 10.2 Å². The van der Waals surface area contributed by atoms with Crippen LogP contribution < -0.4 is 0 Å². The number of hydrogen-bond donors (Lipinski definition) is 3. The lowest BCUT2D eigenvalue weighted by molar-refractivity contribution is 0.126. The first-order chi connectivity index (χ1) is 5.43. The molecule has 0 aromatic heterocycles. The van der Waals surface area contributed by atoms with Crippen molar-refractivity contribution in [2.75, 3.05) is 13.1 Å². The number of nitrogens with zero attached hydrogens (tertiary/aromatic N) is 1. The molecule has 0 spiro atoms. The van der Waals surface area contributed by atoms with Crippen molar-refractivity contribution in [2.45, 2.75) is 26.1 Å². The Hall–Kier alpha value is -0.170. The van der Waals surface area contributed by atoms with E-state index in [0.29, 0.717) is 0 Å². The molecule has 0 aliphatic carbocycles. The SMILES string of the molecule is CC(O)CN(CC(C)O)[SH](=O)=O. The number of hydrogen-bond acceptors (Lipinski definition) is 4. The summed E-state index contributed by atoms with van der Waals surface area (Å²) < 4.78 is 22.0. The Morgan fingerprint density at radius 3 is 1.67 bits per heavy atom. The first-order valence-corrected chi connectivity index (χ1v) is 4.82. The normalized spacial score (nSPS) is 16.8. The molecule has 0 aromatic rings. The van der Waals surface area contributed by atoms with Gasteiger partial charge in [0.2, 0.25) is 10.9 Å². The van der Waals surface area contributed by atoms with Crippen LogP contribution in [0, 0.1) is 0 Å². The van der Waals surface area contributed by atoms with Crippen LogP contribution in [0.5, 0.6) is 0 Å². The van der Waals surface area contributed by atoms with Crippen LogP contribution in [0.4, 0.5) is 0 Å². The highest BCUT2D eigenvalue weighted by Gasteiger charge is 2.12. The van der Waals surface area contributed by atoms with E-state index in [1.54, 1.807) is 0 Å². The third kappa shape index (κ3) is 5.48. The molecule has 2 atom stereocenters. The second-order valence-corrected chi connectivity index (χ2v) is 3.85. The Bertz CT molecular complexity index is 172. The molecule has 2 N–H and O–H groups in total. The van der Waals surface area contributed by atoms with Crippen molar-refractivity contribution in [1.29, 1.82) is 0 Å². The third-order valence-electron chi connectivity index (χ3n) is 1.18. The van der Waals surface area contributed by atoms with Gasteiger partial charge in [0.1, 0.15) is 0 Å². The average molecular weight is 197 g/mol. The second-order valence-electron chi connectivity index (χ2n) is 2.81. The topological polar surface area (TPSA) is 77.8 Å². The van der Waals surface area contributed by atoms with Crippen LogP contribution in [0.2, 0.25) is 0 Å². The zero-order valence-corrected chi connectivity index (χ0v) is 8.07. The van der Waals surface area contributed by atoms with E-state index in [4.69, 9.17) is 10.2 Å². The lowest BCUT2D eigenvalue weighted by Crippen LogP contribution is -2.35. The fourth-order valence-corrected chi connectivity index (χ4v) is 1.56. The zero-order chi connectivity index (χ0) is 9.72. The van der Waals surface area contributed by atoms with E-state index < -0.39 is 23.1 Å². The van der Waals surface area contributed by atoms with Crippen molar-refractivity contribution >= 4 is 10.9 Å². The summed E-state index contributed by atoms with van der Waals surface area (Å²) in [7, 11) is -2.72. The van der Waals surface area contributed by atoms with Gasteiger partial charge in [0.25, 0.3) is 0 Å². The van der Waals surface area contributed by atoms with Crippen LogP contribution in [-0.4, -0.2) is 48.2 Å². The van der Waals surface area contributed by atoms with Crippen molar-refractivity contribution in [3.63, 3.8) is 0 Å². The first-order valence-electron chi connectivity index (χ1n) is 3.69. The predicted octanol–water partition coefficient (Wildman–Crippen LogP) is -1.42. The summed E-state index contributed by atoms with van der Waals surface area (Å²) in [5.41, 5.74) is 0. The van der Waals surface area contributed by atoms with Crippen LogP contribution in [0.15, 0.2) is 0 Å². The van der Waals surface area contributed by atoms with Crippen molar-refractivity contribution in [2.24, 2.45) is 0 Å². The zero-order valence-electron chi connectivity index (χ0n) is 7.17. The summed E-state index contributed by atoms with van der Waals surface area (Å²) in [6.45, 7) is 3.05. The third-order valence-corrected chi connectivity index (χ3v) is 1.97. The van der Waals surface area contributed by atoms with Crippen molar-refractivity contribution in [3.05, 3.63) is 0 Å². The molecule has 0 radical (unpaired) electrons. The summed E-state index contributed by atoms with van der Waals surface area (Å²) in [5, 5.41) is 17.8. The molecule has 0 fully saturated rings. The number of aliphatic hydroxyl groups excluding tert-OH is 2. The molecule has 0 amide bonds. The molecular weight excluding hydrogens is 182 g/mol. The Morgan fingerprint density at radius 2 is 1.50 bits per heavy atom. The van der Waals surface area contributed by atoms with Gasteiger partial charge in [-0.15, -0.1) is 0 Å². The standard InChI is InChI=1S/C6H15NO4S/c1-5(8)3-7(12(10)11)4-6(2)9/h5-6,8-9,12H,3-4H2,1-2H3. The van der Waals surface area contributed by atoms with Crippen molar-refractivity contribution < 1.29 is 18.6 Å². The molecule has 0 rings (SSSR count). The molecule has 0 bridgehead atoms. The van der Waals surface area contributed by atoms with E-state index in [1.165, 1.54) is 13.8 Å². The lowest BCUT2D eigenvalue weighted by atomic mass is 10.3. The van der Waals surface area contributed by atoms with E-state index in [1.807, 2.05) is 0 Å². The summed E-state index contributed by atoms with van der Waals surface area (Å²) in [6, 6.07) is 0. The van der Waals surface area contributed by atoms with Gasteiger partial charge in [-0.3, -0.25) is 0 Å². The quantitative estimate of drug-likeness (QED) is 0.473. The molecule has 74 valence electrons. The molecule has 0 saturated heterocycles. The average Bonchev–Trinajstić information content (AvgIpc) is 1.83. The van der Waals surface area contributed by atoms with Crippen LogP contribution in [0.1, 0.15) is 13.8 Å². The minimum Gasteiger partial charge on any atom is -0.392 e. The van der Waals surface area contributed by atoms with E-state index in [0.717, 1.165) is 4.31 Å². The van der Waals surface area contributed by atoms with E-state index in [9.17, 15) is 8.42 Å². The van der Waals surface area contributed by atoms with Gasteiger partial charge in [0.05, 0.1) is 12.2 Å². The van der Waals surface area contributed by atoms with Crippen molar-refractivity contribution in [1.82, 2.24) is 4.31 Å². The van der Waals surface area contributed by atoms with Gasteiger partial charge in [0, 0.05) is 13.1 Å². The molecular formula is C6H15NO4S. The largest absolute Gasteiger partial charge is 0.392 e. The van der Waals surface area contributed by atoms with Gasteiger partial charge >= 0.3 is 0 Å². The highest BCUT2D eigenvalue weighted by molar-refractivity contribution is 7.69. The van der Waals surface area contributed by atoms with Gasteiger partial charge in [-0.25, -0.2) is 8.42 Å². The summed E-state index contributed by atoms with van der Waals surface area (Å²) >= 11 is 0. The monoisotopic (exact) mass is 197 g/mol. The summed E-state index contributed by atoms with van der Waals surface area (Å²) in [5.74, 6) is 0. The summed E-state index contributed by atoms with van der Waals surface area (Å²) in [6.07, 6.45) is -1.42. The molecule has 0 heterocycles. The molecule has 5 nitrogen and oxygen atoms in total. The van der Waals surface area contributed by atoms with Crippen LogP contribution in [-0.2, 0) is 10.9 Å². The van der Waals surface area contributed by atoms with Crippen LogP contribution in [0.3, 0.4) is 0 Å².